The molecule has 3 nitrogen and oxygen atoms in total. The molecule has 20 heavy (non-hydrogen) atoms. The number of anilines is 1. The standard InChI is InChI=1S/C17H29N3/c1-4-6-11-20-12-7-8-16(20)15-9-10-17(18-13-15)19-14(3)5-2/h9-10,13-14,16H,4-8,11-12H2,1-3H3,(H,18,19)/t14-,16+/m1/s1. The van der Waals surface area contributed by atoms with Crippen LogP contribution in [0.1, 0.15) is 64.5 Å². The van der Waals surface area contributed by atoms with E-state index in [2.05, 4.69) is 54.3 Å². The number of pyridine rings is 1. The van der Waals surface area contributed by atoms with Crippen molar-refractivity contribution in [3.05, 3.63) is 23.9 Å². The predicted molar refractivity (Wildman–Crippen MR) is 86.1 cm³/mol. The molecule has 3 heteroatoms. The molecule has 0 aliphatic carbocycles. The van der Waals surface area contributed by atoms with Gasteiger partial charge in [0.2, 0.25) is 0 Å². The van der Waals surface area contributed by atoms with Crippen LogP contribution in [0.2, 0.25) is 0 Å². The zero-order valence-corrected chi connectivity index (χ0v) is 13.2. The van der Waals surface area contributed by atoms with Crippen molar-refractivity contribution in [3.8, 4) is 0 Å². The van der Waals surface area contributed by atoms with Crippen LogP contribution in [0.4, 0.5) is 5.82 Å². The van der Waals surface area contributed by atoms with E-state index < -0.39 is 0 Å². The first-order chi connectivity index (χ1) is 9.74. The number of nitrogens with zero attached hydrogens (tertiary/aromatic N) is 2. The summed E-state index contributed by atoms with van der Waals surface area (Å²) in [6.45, 7) is 9.13. The average molecular weight is 275 g/mol. The van der Waals surface area contributed by atoms with Crippen molar-refractivity contribution in [2.75, 3.05) is 18.4 Å². The van der Waals surface area contributed by atoms with E-state index in [4.69, 9.17) is 0 Å². The quantitative estimate of drug-likeness (QED) is 0.807. The van der Waals surface area contributed by atoms with Crippen LogP contribution in [0.5, 0.6) is 0 Å². The second-order valence-corrected chi connectivity index (χ2v) is 5.98. The molecule has 1 saturated heterocycles. The van der Waals surface area contributed by atoms with Crippen molar-refractivity contribution in [1.29, 1.82) is 0 Å². The summed E-state index contributed by atoms with van der Waals surface area (Å²) in [6, 6.07) is 5.47. The normalized spacial score (nSPS) is 21.1. The fourth-order valence-electron chi connectivity index (χ4n) is 2.87. The van der Waals surface area contributed by atoms with Crippen molar-refractivity contribution in [1.82, 2.24) is 9.88 Å². The maximum Gasteiger partial charge on any atom is 0.126 e. The van der Waals surface area contributed by atoms with E-state index in [0.29, 0.717) is 12.1 Å². The van der Waals surface area contributed by atoms with Crippen LogP contribution in [0.3, 0.4) is 0 Å². The molecule has 1 fully saturated rings. The number of unbranched alkanes of at least 4 members (excludes halogenated alkanes) is 1. The van der Waals surface area contributed by atoms with Crippen molar-refractivity contribution < 1.29 is 0 Å². The predicted octanol–water partition coefficient (Wildman–Crippen LogP) is 4.23. The van der Waals surface area contributed by atoms with Crippen molar-refractivity contribution in [2.24, 2.45) is 0 Å². The van der Waals surface area contributed by atoms with Crippen LogP contribution in [-0.4, -0.2) is 29.0 Å². The highest BCUT2D eigenvalue weighted by atomic mass is 15.2. The molecular formula is C17H29N3. The van der Waals surface area contributed by atoms with Gasteiger partial charge in [0, 0.05) is 18.3 Å². The van der Waals surface area contributed by atoms with Crippen LogP contribution in [0.25, 0.3) is 0 Å². The summed E-state index contributed by atoms with van der Waals surface area (Å²) in [6.07, 6.45) is 8.37. The number of likely N-dealkylation sites (tertiary alicyclic amines) is 1. The van der Waals surface area contributed by atoms with Gasteiger partial charge in [-0.3, -0.25) is 4.90 Å². The molecule has 0 spiro atoms. The first-order valence-corrected chi connectivity index (χ1v) is 8.21. The Bertz CT molecular complexity index is 388. The molecule has 1 N–H and O–H groups in total. The molecule has 0 saturated carbocycles. The molecule has 0 unspecified atom stereocenters. The SMILES string of the molecule is CCCCN1CCC[C@H]1c1ccc(N[C@H](C)CC)nc1. The smallest absolute Gasteiger partial charge is 0.126 e. The van der Waals surface area contributed by atoms with Gasteiger partial charge in [0.15, 0.2) is 0 Å². The van der Waals surface area contributed by atoms with E-state index in [1.165, 1.54) is 44.3 Å². The summed E-state index contributed by atoms with van der Waals surface area (Å²) in [5, 5.41) is 3.43. The Hall–Kier alpha value is -1.09. The highest BCUT2D eigenvalue weighted by Crippen LogP contribution is 2.31. The first-order valence-electron chi connectivity index (χ1n) is 8.21. The molecule has 2 heterocycles. The fourth-order valence-corrected chi connectivity index (χ4v) is 2.87. The van der Waals surface area contributed by atoms with Gasteiger partial charge in [0.25, 0.3) is 0 Å². The van der Waals surface area contributed by atoms with E-state index >= 15 is 0 Å². The van der Waals surface area contributed by atoms with Crippen LogP contribution >= 0.6 is 0 Å². The van der Waals surface area contributed by atoms with Gasteiger partial charge in [-0.1, -0.05) is 26.3 Å². The molecule has 1 aromatic rings. The third-order valence-electron chi connectivity index (χ3n) is 4.34. The van der Waals surface area contributed by atoms with E-state index in [-0.39, 0.29) is 0 Å². The minimum Gasteiger partial charge on any atom is -0.368 e. The molecule has 0 amide bonds. The molecule has 112 valence electrons. The van der Waals surface area contributed by atoms with Gasteiger partial charge in [-0.25, -0.2) is 4.98 Å². The fraction of sp³-hybridized carbons (Fsp3) is 0.706. The highest BCUT2D eigenvalue weighted by molar-refractivity contribution is 5.37. The minimum absolute atomic E-state index is 0.487. The maximum absolute atomic E-state index is 4.59. The zero-order valence-electron chi connectivity index (χ0n) is 13.2. The molecule has 2 rings (SSSR count). The van der Waals surface area contributed by atoms with E-state index in [9.17, 15) is 0 Å². The van der Waals surface area contributed by atoms with Crippen LogP contribution in [0.15, 0.2) is 18.3 Å². The summed E-state index contributed by atoms with van der Waals surface area (Å²) >= 11 is 0. The van der Waals surface area contributed by atoms with Gasteiger partial charge in [-0.15, -0.1) is 0 Å². The second kappa shape index (κ2) is 7.63. The molecule has 0 bridgehead atoms. The maximum atomic E-state index is 4.59. The third-order valence-corrected chi connectivity index (χ3v) is 4.34. The van der Waals surface area contributed by atoms with Crippen LogP contribution in [0, 0.1) is 0 Å². The Morgan fingerprint density at radius 1 is 1.40 bits per heavy atom. The monoisotopic (exact) mass is 275 g/mol. The van der Waals surface area contributed by atoms with Gasteiger partial charge >= 0.3 is 0 Å². The highest BCUT2D eigenvalue weighted by Gasteiger charge is 2.25. The summed E-state index contributed by atoms with van der Waals surface area (Å²) in [4.78, 5) is 7.22. The van der Waals surface area contributed by atoms with Crippen molar-refractivity contribution in [2.45, 2.75) is 65.0 Å². The number of aromatic nitrogens is 1. The van der Waals surface area contributed by atoms with Gasteiger partial charge in [-0.2, -0.15) is 0 Å². The van der Waals surface area contributed by atoms with E-state index in [1.54, 1.807) is 0 Å². The molecule has 1 aliphatic heterocycles. The Morgan fingerprint density at radius 3 is 2.90 bits per heavy atom. The van der Waals surface area contributed by atoms with Crippen molar-refractivity contribution in [3.63, 3.8) is 0 Å². The Morgan fingerprint density at radius 2 is 2.25 bits per heavy atom. The molecule has 0 aromatic carbocycles. The minimum atomic E-state index is 0.487. The Kier molecular flexibility index (Phi) is 5.84. The molecule has 1 aliphatic rings. The number of hydrogen-bond acceptors (Lipinski definition) is 3. The summed E-state index contributed by atoms with van der Waals surface area (Å²) in [7, 11) is 0. The van der Waals surface area contributed by atoms with E-state index in [1.807, 2.05) is 0 Å². The second-order valence-electron chi connectivity index (χ2n) is 5.98. The van der Waals surface area contributed by atoms with Gasteiger partial charge in [0.05, 0.1) is 0 Å². The zero-order chi connectivity index (χ0) is 14.4. The summed E-state index contributed by atoms with van der Waals surface area (Å²) in [5.41, 5.74) is 1.38. The first kappa shape index (κ1) is 15.3. The van der Waals surface area contributed by atoms with Crippen LogP contribution in [-0.2, 0) is 0 Å². The van der Waals surface area contributed by atoms with Gasteiger partial charge in [-0.05, 0) is 57.3 Å². The lowest BCUT2D eigenvalue weighted by atomic mass is 10.1. The average Bonchev–Trinajstić information content (AvgIpc) is 2.94. The molecule has 2 atom stereocenters. The van der Waals surface area contributed by atoms with Gasteiger partial charge < -0.3 is 5.32 Å². The lowest BCUT2D eigenvalue weighted by Gasteiger charge is -2.24. The van der Waals surface area contributed by atoms with Gasteiger partial charge in [0.1, 0.15) is 5.82 Å². The van der Waals surface area contributed by atoms with E-state index in [0.717, 1.165) is 12.2 Å². The number of hydrogen-bond donors (Lipinski definition) is 1. The largest absolute Gasteiger partial charge is 0.368 e. The lowest BCUT2D eigenvalue weighted by molar-refractivity contribution is 0.253. The molecular weight excluding hydrogens is 246 g/mol. The topological polar surface area (TPSA) is 28.2 Å². The number of rotatable bonds is 7. The Labute approximate surface area is 123 Å². The van der Waals surface area contributed by atoms with Crippen LogP contribution < -0.4 is 5.32 Å². The Balaban J connectivity index is 1.98. The molecule has 0 radical (unpaired) electrons. The van der Waals surface area contributed by atoms with Crippen molar-refractivity contribution >= 4 is 5.82 Å². The summed E-state index contributed by atoms with van der Waals surface area (Å²) in [5.74, 6) is 1.00. The summed E-state index contributed by atoms with van der Waals surface area (Å²) < 4.78 is 0. The molecule has 1 aromatic heterocycles. The lowest BCUT2D eigenvalue weighted by Crippen LogP contribution is -2.24. The number of nitrogens with one attached hydrogen (secondary N) is 1. The third kappa shape index (κ3) is 3.95.